The minimum absolute atomic E-state index is 0.0173. The normalized spacial score (nSPS) is 12.9. The van der Waals surface area contributed by atoms with Crippen LogP contribution in [0.2, 0.25) is 0 Å². The van der Waals surface area contributed by atoms with Crippen molar-refractivity contribution in [3.8, 4) is 0 Å². The van der Waals surface area contributed by atoms with Crippen LogP contribution in [-0.4, -0.2) is 28.0 Å². The second-order valence-corrected chi connectivity index (χ2v) is 6.33. The van der Waals surface area contributed by atoms with Gasteiger partial charge in [-0.25, -0.2) is 0 Å². The van der Waals surface area contributed by atoms with Gasteiger partial charge in [0.1, 0.15) is 0 Å². The van der Waals surface area contributed by atoms with E-state index in [1.165, 1.54) is 0 Å². The highest BCUT2D eigenvalue weighted by molar-refractivity contribution is 6.08. The van der Waals surface area contributed by atoms with Gasteiger partial charge in [-0.1, -0.05) is 30.3 Å². The standard InChI is InChI=1S/C19H25NO2/c1-12(2)20(13(3)4)19(22)17-11-7-9-15-8-6-10-16(14(5)21)18(15)17/h6-14,21H,1-5H3. The summed E-state index contributed by atoms with van der Waals surface area (Å²) in [6.07, 6.45) is -0.607. The van der Waals surface area contributed by atoms with Gasteiger partial charge in [-0.15, -0.1) is 0 Å². The summed E-state index contributed by atoms with van der Waals surface area (Å²) in [6.45, 7) is 9.84. The van der Waals surface area contributed by atoms with E-state index in [1.54, 1.807) is 6.92 Å². The highest BCUT2D eigenvalue weighted by Gasteiger charge is 2.24. The van der Waals surface area contributed by atoms with Crippen molar-refractivity contribution in [3.05, 3.63) is 47.5 Å². The van der Waals surface area contributed by atoms with Crippen molar-refractivity contribution in [1.29, 1.82) is 0 Å². The Bertz CT molecular complexity index is 661. The largest absolute Gasteiger partial charge is 0.389 e. The minimum Gasteiger partial charge on any atom is -0.389 e. The second kappa shape index (κ2) is 6.49. The first-order valence-electron chi connectivity index (χ1n) is 7.87. The van der Waals surface area contributed by atoms with Crippen LogP contribution in [-0.2, 0) is 0 Å². The summed E-state index contributed by atoms with van der Waals surface area (Å²) in [5.41, 5.74) is 1.46. The lowest BCUT2D eigenvalue weighted by Crippen LogP contribution is -2.42. The first kappa shape index (κ1) is 16.5. The molecule has 0 saturated carbocycles. The van der Waals surface area contributed by atoms with Crippen molar-refractivity contribution in [1.82, 2.24) is 4.90 Å². The molecule has 0 spiro atoms. The first-order chi connectivity index (χ1) is 10.3. The quantitative estimate of drug-likeness (QED) is 0.921. The lowest BCUT2D eigenvalue weighted by atomic mass is 9.95. The lowest BCUT2D eigenvalue weighted by molar-refractivity contribution is 0.0645. The number of fused-ring (bicyclic) bond motifs is 1. The van der Waals surface area contributed by atoms with Crippen LogP contribution in [0.3, 0.4) is 0 Å². The number of carbonyl (C=O) groups is 1. The first-order valence-corrected chi connectivity index (χ1v) is 7.87. The molecule has 1 N–H and O–H groups in total. The Hall–Kier alpha value is -1.87. The van der Waals surface area contributed by atoms with Gasteiger partial charge >= 0.3 is 0 Å². The molecule has 118 valence electrons. The number of carbonyl (C=O) groups excluding carboxylic acids is 1. The molecule has 0 aliphatic rings. The summed E-state index contributed by atoms with van der Waals surface area (Å²) in [5.74, 6) is 0.0173. The zero-order chi connectivity index (χ0) is 16.4. The maximum absolute atomic E-state index is 13.1. The summed E-state index contributed by atoms with van der Waals surface area (Å²) < 4.78 is 0. The molecule has 0 aromatic heterocycles. The van der Waals surface area contributed by atoms with Gasteiger partial charge in [-0.2, -0.15) is 0 Å². The van der Waals surface area contributed by atoms with Gasteiger partial charge in [-0.05, 0) is 51.6 Å². The molecule has 2 aromatic carbocycles. The fraction of sp³-hybridized carbons (Fsp3) is 0.421. The number of hydrogen-bond acceptors (Lipinski definition) is 2. The smallest absolute Gasteiger partial charge is 0.254 e. The summed E-state index contributed by atoms with van der Waals surface area (Å²) in [7, 11) is 0. The monoisotopic (exact) mass is 299 g/mol. The van der Waals surface area contributed by atoms with Crippen molar-refractivity contribution in [2.75, 3.05) is 0 Å². The Morgan fingerprint density at radius 3 is 2.00 bits per heavy atom. The number of nitrogens with zero attached hydrogens (tertiary/aromatic N) is 1. The zero-order valence-corrected chi connectivity index (χ0v) is 14.0. The molecule has 22 heavy (non-hydrogen) atoms. The van der Waals surface area contributed by atoms with E-state index in [2.05, 4.69) is 0 Å². The molecular weight excluding hydrogens is 274 g/mol. The molecule has 2 aromatic rings. The number of amides is 1. The van der Waals surface area contributed by atoms with Crippen LogP contribution >= 0.6 is 0 Å². The molecule has 1 amide bonds. The third-order valence-corrected chi connectivity index (χ3v) is 3.96. The van der Waals surface area contributed by atoms with E-state index in [0.29, 0.717) is 5.56 Å². The predicted octanol–water partition coefficient (Wildman–Crippen LogP) is 4.15. The van der Waals surface area contributed by atoms with Gasteiger partial charge in [0.05, 0.1) is 6.10 Å². The van der Waals surface area contributed by atoms with Crippen LogP contribution in [0.4, 0.5) is 0 Å². The van der Waals surface area contributed by atoms with Gasteiger partial charge in [0.25, 0.3) is 5.91 Å². The Morgan fingerprint density at radius 1 is 0.955 bits per heavy atom. The van der Waals surface area contributed by atoms with Crippen molar-refractivity contribution >= 4 is 16.7 Å². The zero-order valence-electron chi connectivity index (χ0n) is 14.0. The van der Waals surface area contributed by atoms with E-state index in [0.717, 1.165) is 16.3 Å². The molecule has 0 aliphatic carbocycles. The highest BCUT2D eigenvalue weighted by Crippen LogP contribution is 2.29. The number of benzene rings is 2. The molecule has 0 saturated heterocycles. The van der Waals surface area contributed by atoms with Crippen molar-refractivity contribution in [2.24, 2.45) is 0 Å². The topological polar surface area (TPSA) is 40.5 Å². The maximum atomic E-state index is 13.1. The Morgan fingerprint density at radius 2 is 1.50 bits per heavy atom. The summed E-state index contributed by atoms with van der Waals surface area (Å²) in [5, 5.41) is 11.9. The van der Waals surface area contributed by atoms with Gasteiger partial charge in [0.2, 0.25) is 0 Å². The van der Waals surface area contributed by atoms with Crippen LogP contribution in [0.1, 0.15) is 56.6 Å². The van der Waals surface area contributed by atoms with Gasteiger partial charge in [0, 0.05) is 23.0 Å². The van der Waals surface area contributed by atoms with Crippen LogP contribution in [0.15, 0.2) is 36.4 Å². The molecular formula is C19H25NO2. The fourth-order valence-electron chi connectivity index (χ4n) is 3.10. The Balaban J connectivity index is 2.67. The van der Waals surface area contributed by atoms with E-state index < -0.39 is 6.10 Å². The van der Waals surface area contributed by atoms with E-state index in [9.17, 15) is 9.90 Å². The molecule has 2 rings (SSSR count). The van der Waals surface area contributed by atoms with Gasteiger partial charge < -0.3 is 10.0 Å². The van der Waals surface area contributed by atoms with E-state index in [4.69, 9.17) is 0 Å². The van der Waals surface area contributed by atoms with Crippen LogP contribution in [0.25, 0.3) is 10.8 Å². The number of rotatable bonds is 4. The van der Waals surface area contributed by atoms with Crippen molar-refractivity contribution < 1.29 is 9.90 Å². The number of aliphatic hydroxyl groups is 1. The molecule has 0 heterocycles. The molecule has 0 radical (unpaired) electrons. The molecule has 3 heteroatoms. The lowest BCUT2D eigenvalue weighted by Gasteiger charge is -2.31. The minimum atomic E-state index is -0.607. The van der Waals surface area contributed by atoms with E-state index in [1.807, 2.05) is 69.0 Å². The summed E-state index contributed by atoms with van der Waals surface area (Å²) >= 11 is 0. The van der Waals surface area contributed by atoms with Crippen LogP contribution in [0.5, 0.6) is 0 Å². The van der Waals surface area contributed by atoms with E-state index >= 15 is 0 Å². The van der Waals surface area contributed by atoms with E-state index in [-0.39, 0.29) is 18.0 Å². The van der Waals surface area contributed by atoms with Gasteiger partial charge in [-0.3, -0.25) is 4.79 Å². The molecule has 0 bridgehead atoms. The van der Waals surface area contributed by atoms with Gasteiger partial charge in [0.15, 0.2) is 0 Å². The highest BCUT2D eigenvalue weighted by atomic mass is 16.3. The van der Waals surface area contributed by atoms with Crippen LogP contribution < -0.4 is 0 Å². The number of hydrogen-bond donors (Lipinski definition) is 1. The SMILES string of the molecule is CC(O)c1cccc2cccc(C(=O)N(C(C)C)C(C)C)c12. The summed E-state index contributed by atoms with van der Waals surface area (Å²) in [6, 6.07) is 11.8. The molecule has 1 unspecified atom stereocenters. The van der Waals surface area contributed by atoms with Crippen molar-refractivity contribution in [2.45, 2.75) is 52.8 Å². The molecule has 1 atom stereocenters. The predicted molar refractivity (Wildman–Crippen MR) is 91.0 cm³/mol. The average molecular weight is 299 g/mol. The third kappa shape index (κ3) is 3.00. The molecule has 3 nitrogen and oxygen atoms in total. The van der Waals surface area contributed by atoms with Crippen LogP contribution in [0, 0.1) is 0 Å². The van der Waals surface area contributed by atoms with Crippen molar-refractivity contribution in [3.63, 3.8) is 0 Å². The second-order valence-electron chi connectivity index (χ2n) is 6.33. The summed E-state index contributed by atoms with van der Waals surface area (Å²) in [4.78, 5) is 14.9. The third-order valence-electron chi connectivity index (χ3n) is 3.96. The average Bonchev–Trinajstić information content (AvgIpc) is 2.44. The molecule has 0 aliphatic heterocycles. The molecule has 0 fully saturated rings. The number of aliphatic hydroxyl groups excluding tert-OH is 1. The Labute approximate surface area is 132 Å². The Kier molecular flexibility index (Phi) is 4.87. The fourth-order valence-corrected chi connectivity index (χ4v) is 3.10. The maximum Gasteiger partial charge on any atom is 0.254 e.